The predicted molar refractivity (Wildman–Crippen MR) is 184 cm³/mol. The minimum Gasteiger partial charge on any atom is -0.508 e. The summed E-state index contributed by atoms with van der Waals surface area (Å²) in [5.74, 6) is -0.102. The zero-order chi connectivity index (χ0) is 33.2. The zero-order valence-electron chi connectivity index (χ0n) is 26.8. The molecule has 1 saturated heterocycles. The molecule has 0 aliphatic carbocycles. The topological polar surface area (TPSA) is 88.7 Å². The van der Waals surface area contributed by atoms with Gasteiger partial charge in [-0.1, -0.05) is 50.8 Å². The van der Waals surface area contributed by atoms with Crippen LogP contribution in [-0.2, 0) is 17.6 Å². The highest BCUT2D eigenvalue weighted by Crippen LogP contribution is 2.18. The Hall–Kier alpha value is -4.14. The number of aromatic nitrogens is 1. The Bertz CT molecular complexity index is 1480. The van der Waals surface area contributed by atoms with Crippen molar-refractivity contribution in [1.82, 2.24) is 20.1 Å². The summed E-state index contributed by atoms with van der Waals surface area (Å²) >= 11 is 4.64. The molecule has 1 aliphatic heterocycles. The monoisotopic (exact) mass is 636 g/mol. The van der Waals surface area contributed by atoms with Gasteiger partial charge in [0.1, 0.15) is 11.6 Å². The molecule has 242 valence electrons. The molecule has 0 bridgehead atoms. The molecule has 0 radical (unpaired) electrons. The fraction of sp³-hybridized carbons (Fsp3) is 0.333. The molecule has 1 aliphatic rings. The second-order valence-electron chi connectivity index (χ2n) is 10.1. The van der Waals surface area contributed by atoms with Crippen molar-refractivity contribution in [2.24, 2.45) is 0 Å². The number of piperazine rings is 1. The minimum absolute atomic E-state index is 0.00487. The lowest BCUT2D eigenvalue weighted by Crippen LogP contribution is -2.48. The van der Waals surface area contributed by atoms with Crippen LogP contribution in [0.3, 0.4) is 0 Å². The molecule has 5 rings (SSSR count). The lowest BCUT2D eigenvalue weighted by atomic mass is 10.1. The molecule has 7 nitrogen and oxygen atoms in total. The third kappa shape index (κ3) is 11.7. The number of aromatic hydroxyl groups is 1. The van der Waals surface area contributed by atoms with Crippen LogP contribution < -0.4 is 5.32 Å². The molecule has 1 fully saturated rings. The van der Waals surface area contributed by atoms with Gasteiger partial charge in [0, 0.05) is 68.3 Å². The van der Waals surface area contributed by atoms with E-state index in [4.69, 9.17) is 0 Å². The maximum atomic E-state index is 13.5. The lowest BCUT2D eigenvalue weighted by molar-refractivity contribution is -0.127. The van der Waals surface area contributed by atoms with Crippen LogP contribution in [0.25, 0.3) is 10.9 Å². The van der Waals surface area contributed by atoms with E-state index in [1.807, 2.05) is 55.3 Å². The average Bonchev–Trinajstić information content (AvgIpc) is 3.50. The zero-order valence-corrected chi connectivity index (χ0v) is 27.5. The number of halogens is 2. The van der Waals surface area contributed by atoms with Gasteiger partial charge in [-0.05, 0) is 78.9 Å². The lowest BCUT2D eigenvalue weighted by Gasteiger charge is -2.34. The summed E-state index contributed by atoms with van der Waals surface area (Å²) in [4.78, 5) is 30.8. The number of fused-ring (bicyclic) bond motifs is 1. The number of hydrogen-bond acceptors (Lipinski definition) is 4. The van der Waals surface area contributed by atoms with Gasteiger partial charge >= 0.3 is 0 Å². The molecule has 4 aromatic rings. The number of nitrogens with zero attached hydrogens (tertiary/aromatic N) is 2. The van der Waals surface area contributed by atoms with Gasteiger partial charge in [0.2, 0.25) is 5.91 Å². The van der Waals surface area contributed by atoms with E-state index in [-0.39, 0.29) is 23.4 Å². The molecule has 2 heterocycles. The summed E-state index contributed by atoms with van der Waals surface area (Å²) in [6.07, 6.45) is 6.43. The number of phenolic OH excluding ortho intramolecular Hbond substituents is 1. The number of carbonyl (C=O) groups is 2. The number of alkyl halides is 1. The third-order valence-corrected chi connectivity index (χ3v) is 7.30. The Morgan fingerprint density at radius 3 is 2.31 bits per heavy atom. The Morgan fingerprint density at radius 2 is 1.67 bits per heavy atom. The SMILES string of the molecule is C=CC(=O)N1CCN(CCc2ccc(C)c(F)c2)CC1.CC.CCl.O=C(NCCc1c[nH]c2ccccc12)c1ccc(O)cc1. The third-order valence-electron chi connectivity index (χ3n) is 7.30. The number of rotatable bonds is 8. The van der Waals surface area contributed by atoms with Gasteiger partial charge in [-0.3, -0.25) is 14.5 Å². The van der Waals surface area contributed by atoms with Crippen LogP contribution in [0.2, 0.25) is 0 Å². The number of hydrogen-bond donors (Lipinski definition) is 3. The fourth-order valence-electron chi connectivity index (χ4n) is 4.76. The Balaban J connectivity index is 0.000000283. The molecule has 0 atom stereocenters. The molecule has 0 saturated carbocycles. The van der Waals surface area contributed by atoms with Gasteiger partial charge in [0.15, 0.2) is 0 Å². The van der Waals surface area contributed by atoms with E-state index in [1.54, 1.807) is 25.1 Å². The number of amides is 2. The number of carbonyl (C=O) groups excluding carboxylic acids is 2. The first-order chi connectivity index (χ1) is 21.8. The van der Waals surface area contributed by atoms with Crippen LogP contribution in [-0.4, -0.2) is 77.4 Å². The summed E-state index contributed by atoms with van der Waals surface area (Å²) < 4.78 is 13.5. The van der Waals surface area contributed by atoms with Gasteiger partial charge in [-0.2, -0.15) is 0 Å². The smallest absolute Gasteiger partial charge is 0.251 e. The van der Waals surface area contributed by atoms with Crippen molar-refractivity contribution >= 4 is 34.3 Å². The average molecular weight is 637 g/mol. The molecule has 3 aromatic carbocycles. The number of nitrogens with one attached hydrogen (secondary N) is 2. The highest BCUT2D eigenvalue weighted by molar-refractivity contribution is 6.15. The maximum absolute atomic E-state index is 13.5. The first-order valence-electron chi connectivity index (χ1n) is 15.2. The minimum atomic E-state index is -0.135. The first-order valence-corrected chi connectivity index (χ1v) is 16.0. The van der Waals surface area contributed by atoms with E-state index in [2.05, 4.69) is 39.4 Å². The largest absolute Gasteiger partial charge is 0.508 e. The van der Waals surface area contributed by atoms with Crippen LogP contribution in [0.4, 0.5) is 4.39 Å². The van der Waals surface area contributed by atoms with Crippen LogP contribution in [0, 0.1) is 12.7 Å². The van der Waals surface area contributed by atoms with Crippen molar-refractivity contribution in [2.75, 3.05) is 45.7 Å². The summed E-state index contributed by atoms with van der Waals surface area (Å²) in [6, 6.07) is 19.8. The van der Waals surface area contributed by atoms with Crippen molar-refractivity contribution < 1.29 is 19.1 Å². The van der Waals surface area contributed by atoms with Crippen molar-refractivity contribution in [3.8, 4) is 5.75 Å². The number of para-hydroxylation sites is 1. The van der Waals surface area contributed by atoms with Gasteiger partial charge in [-0.15, -0.1) is 11.6 Å². The van der Waals surface area contributed by atoms with Crippen LogP contribution in [0.5, 0.6) is 5.75 Å². The number of benzene rings is 3. The Morgan fingerprint density at radius 1 is 1.00 bits per heavy atom. The van der Waals surface area contributed by atoms with Gasteiger partial charge in [0.25, 0.3) is 5.91 Å². The molecule has 0 spiro atoms. The van der Waals surface area contributed by atoms with E-state index in [0.29, 0.717) is 17.7 Å². The van der Waals surface area contributed by atoms with Crippen molar-refractivity contribution in [2.45, 2.75) is 33.6 Å². The van der Waals surface area contributed by atoms with Crippen molar-refractivity contribution in [1.29, 1.82) is 0 Å². The van der Waals surface area contributed by atoms with E-state index in [9.17, 15) is 19.1 Å². The summed E-state index contributed by atoms with van der Waals surface area (Å²) in [5, 5.41) is 13.3. The second-order valence-corrected chi connectivity index (χ2v) is 10.1. The number of phenols is 1. The first kappa shape index (κ1) is 37.0. The summed E-state index contributed by atoms with van der Waals surface area (Å²) in [5.41, 5.74) is 4.56. The molecular weight excluding hydrogens is 591 g/mol. The van der Waals surface area contributed by atoms with E-state index in [0.717, 1.165) is 56.6 Å². The molecule has 45 heavy (non-hydrogen) atoms. The fourth-order valence-corrected chi connectivity index (χ4v) is 4.76. The summed E-state index contributed by atoms with van der Waals surface area (Å²) in [6.45, 7) is 14.0. The molecule has 9 heteroatoms. The highest BCUT2D eigenvalue weighted by Gasteiger charge is 2.19. The number of aromatic amines is 1. The number of H-pyrrole nitrogens is 1. The molecular formula is C36H46ClFN4O3. The normalized spacial score (nSPS) is 12.4. The van der Waals surface area contributed by atoms with Gasteiger partial charge in [-0.25, -0.2) is 4.39 Å². The quantitative estimate of drug-likeness (QED) is 0.148. The van der Waals surface area contributed by atoms with E-state index >= 15 is 0 Å². The second kappa shape index (κ2) is 20.0. The van der Waals surface area contributed by atoms with Crippen LogP contribution in [0.15, 0.2) is 85.6 Å². The Labute approximate surface area is 271 Å². The molecule has 0 unspecified atom stereocenters. The predicted octanol–water partition coefficient (Wildman–Crippen LogP) is 6.73. The summed E-state index contributed by atoms with van der Waals surface area (Å²) in [7, 11) is 0. The van der Waals surface area contributed by atoms with E-state index in [1.165, 1.54) is 35.5 Å². The van der Waals surface area contributed by atoms with Gasteiger partial charge in [0.05, 0.1) is 0 Å². The van der Waals surface area contributed by atoms with Crippen molar-refractivity contribution in [3.63, 3.8) is 0 Å². The van der Waals surface area contributed by atoms with Crippen LogP contribution in [0.1, 0.15) is 40.9 Å². The van der Waals surface area contributed by atoms with Crippen LogP contribution >= 0.6 is 11.6 Å². The van der Waals surface area contributed by atoms with Crippen molar-refractivity contribution in [3.05, 3.63) is 114 Å². The molecule has 1 aromatic heterocycles. The Kier molecular flexibility index (Phi) is 16.5. The highest BCUT2D eigenvalue weighted by atomic mass is 35.5. The van der Waals surface area contributed by atoms with Gasteiger partial charge < -0.3 is 20.3 Å². The van der Waals surface area contributed by atoms with E-state index < -0.39 is 0 Å². The maximum Gasteiger partial charge on any atom is 0.251 e. The standard InChI is InChI=1S/C17H16N2O2.C16H21FN2O.C2H6.CH3Cl/c20-14-7-5-12(6-8-14)17(21)18-10-9-13-11-19-16-4-2-1-3-15(13)16;1-3-16(20)19-10-8-18(9-11-19)7-6-14-5-4-13(2)15(17)12-14;2*1-2/h1-8,11,19-20H,9-10H2,(H,18,21);3-5,12H,1,6-11H2,2H3;1-2H3;1H3. The molecule has 3 N–H and O–H groups in total. The molecule has 2 amide bonds. The number of aryl methyl sites for hydroxylation is 1.